The molecule has 4 aromatic rings. The maximum atomic E-state index is 13.8. The Kier molecular flexibility index (Phi) is 8.65. The first-order valence-corrected chi connectivity index (χ1v) is 13.2. The summed E-state index contributed by atoms with van der Waals surface area (Å²) >= 11 is 2.65. The van der Waals surface area contributed by atoms with Crippen LogP contribution in [0.15, 0.2) is 76.4 Å². The van der Waals surface area contributed by atoms with Crippen molar-refractivity contribution in [3.8, 4) is 16.9 Å². The number of thioether (sulfide) groups is 1. The molecule has 0 fully saturated rings. The van der Waals surface area contributed by atoms with Crippen LogP contribution in [0, 0.1) is 11.6 Å². The van der Waals surface area contributed by atoms with Crippen LogP contribution in [0.4, 0.5) is 8.78 Å². The van der Waals surface area contributed by atoms with E-state index in [0.29, 0.717) is 27.5 Å². The van der Waals surface area contributed by atoms with Gasteiger partial charge >= 0.3 is 5.97 Å². The van der Waals surface area contributed by atoms with Crippen molar-refractivity contribution in [2.45, 2.75) is 17.5 Å². The quantitative estimate of drug-likeness (QED) is 0.179. The molecular formula is C27H22F2N2O4S2. The molecule has 0 bridgehead atoms. The maximum absolute atomic E-state index is 13.8. The molecule has 2 N–H and O–H groups in total. The Morgan fingerprint density at radius 2 is 1.86 bits per heavy atom. The summed E-state index contributed by atoms with van der Waals surface area (Å²) < 4.78 is 33.3. The van der Waals surface area contributed by atoms with E-state index >= 15 is 0 Å². The second-order valence-electron chi connectivity index (χ2n) is 7.97. The van der Waals surface area contributed by atoms with Crippen LogP contribution in [0.3, 0.4) is 0 Å². The second kappa shape index (κ2) is 12.1. The highest BCUT2D eigenvalue weighted by Gasteiger charge is 2.24. The van der Waals surface area contributed by atoms with Crippen molar-refractivity contribution in [1.82, 2.24) is 10.3 Å². The molecule has 3 aromatic carbocycles. The number of Topliss-reactive ketones (excluding diaryl/α,β-unsaturated/α-hetero) is 1. The molecule has 6 nitrogen and oxygen atoms in total. The summed E-state index contributed by atoms with van der Waals surface area (Å²) in [6, 6.07) is 15.4. The standard InChI is InChI=1S/C27H22F2N2O4S2/c1-36-24-11-22(29)21(28)10-20(24)17-5-7-19(8-6-17)35-13-16-3-2-4-18(9-16)27(34)26(30-12-25(32)33)23-14-37-15-31-23/h2-11,14-15,26,30H,12-13H2,1H3,(H,32,33). The number of thiazole rings is 1. The summed E-state index contributed by atoms with van der Waals surface area (Å²) in [4.78, 5) is 29.0. The topological polar surface area (TPSA) is 88.5 Å². The summed E-state index contributed by atoms with van der Waals surface area (Å²) in [5.41, 5.74) is 4.51. The molecule has 0 radical (unpaired) electrons. The van der Waals surface area contributed by atoms with Gasteiger partial charge in [-0.2, -0.15) is 0 Å². The number of benzene rings is 3. The molecule has 0 saturated carbocycles. The van der Waals surface area contributed by atoms with E-state index in [0.717, 1.165) is 11.1 Å². The van der Waals surface area contributed by atoms with Crippen molar-refractivity contribution in [3.63, 3.8) is 0 Å². The van der Waals surface area contributed by atoms with Gasteiger partial charge in [-0.3, -0.25) is 14.9 Å². The van der Waals surface area contributed by atoms with Crippen LogP contribution in [-0.4, -0.2) is 34.6 Å². The van der Waals surface area contributed by atoms with Crippen LogP contribution >= 0.6 is 23.1 Å². The fraction of sp³-hybridized carbons (Fsp3) is 0.148. The Morgan fingerprint density at radius 3 is 2.54 bits per heavy atom. The number of aliphatic carboxylic acids is 1. The highest BCUT2D eigenvalue weighted by molar-refractivity contribution is 7.98. The average Bonchev–Trinajstić information content (AvgIpc) is 3.44. The highest BCUT2D eigenvalue weighted by atomic mass is 32.2. The van der Waals surface area contributed by atoms with Crippen molar-refractivity contribution in [2.24, 2.45) is 0 Å². The predicted molar refractivity (Wildman–Crippen MR) is 139 cm³/mol. The van der Waals surface area contributed by atoms with Gasteiger partial charge in [-0.05, 0) is 53.3 Å². The monoisotopic (exact) mass is 540 g/mol. The van der Waals surface area contributed by atoms with Crippen LogP contribution in [0.1, 0.15) is 27.7 Å². The molecule has 37 heavy (non-hydrogen) atoms. The van der Waals surface area contributed by atoms with Crippen molar-refractivity contribution in [3.05, 3.63) is 100 Å². The Balaban J connectivity index is 1.46. The molecule has 0 saturated heterocycles. The largest absolute Gasteiger partial charge is 0.489 e. The molecule has 10 heteroatoms. The van der Waals surface area contributed by atoms with Crippen molar-refractivity contribution < 1.29 is 28.2 Å². The average molecular weight is 541 g/mol. The molecule has 0 aliphatic rings. The predicted octanol–water partition coefficient (Wildman–Crippen LogP) is 5.99. The summed E-state index contributed by atoms with van der Waals surface area (Å²) in [6.07, 6.45) is 1.80. The maximum Gasteiger partial charge on any atom is 0.317 e. The number of nitrogens with one attached hydrogen (secondary N) is 1. The molecule has 0 aliphatic carbocycles. The Labute approximate surface area is 220 Å². The lowest BCUT2D eigenvalue weighted by Crippen LogP contribution is -2.33. The lowest BCUT2D eigenvalue weighted by Gasteiger charge is -2.15. The highest BCUT2D eigenvalue weighted by Crippen LogP contribution is 2.33. The number of carboxylic acids is 1. The van der Waals surface area contributed by atoms with Crippen LogP contribution in [0.5, 0.6) is 5.75 Å². The Bertz CT molecular complexity index is 1400. The van der Waals surface area contributed by atoms with E-state index in [4.69, 9.17) is 9.84 Å². The number of ketones is 1. The molecular weight excluding hydrogens is 518 g/mol. The third-order valence-corrected chi connectivity index (χ3v) is 6.87. The fourth-order valence-corrected chi connectivity index (χ4v) is 4.88. The summed E-state index contributed by atoms with van der Waals surface area (Å²) in [5.74, 6) is -2.59. The lowest BCUT2D eigenvalue weighted by molar-refractivity contribution is -0.136. The molecule has 0 spiro atoms. The minimum Gasteiger partial charge on any atom is -0.489 e. The minimum atomic E-state index is -1.07. The molecule has 1 aromatic heterocycles. The van der Waals surface area contributed by atoms with Gasteiger partial charge in [0.25, 0.3) is 0 Å². The van der Waals surface area contributed by atoms with Gasteiger partial charge in [0, 0.05) is 15.8 Å². The van der Waals surface area contributed by atoms with Gasteiger partial charge in [0.15, 0.2) is 17.4 Å². The van der Waals surface area contributed by atoms with Gasteiger partial charge in [0.05, 0.1) is 17.7 Å². The van der Waals surface area contributed by atoms with Crippen molar-refractivity contribution >= 4 is 34.9 Å². The van der Waals surface area contributed by atoms with E-state index in [1.165, 1.54) is 35.2 Å². The molecule has 1 heterocycles. The number of carbonyl (C=O) groups is 2. The number of ether oxygens (including phenoxy) is 1. The third kappa shape index (κ3) is 6.59. The van der Waals surface area contributed by atoms with Crippen LogP contribution in [0.2, 0.25) is 0 Å². The van der Waals surface area contributed by atoms with E-state index in [1.54, 1.807) is 59.6 Å². The summed E-state index contributed by atoms with van der Waals surface area (Å²) in [5, 5.41) is 13.5. The molecule has 1 unspecified atom stereocenters. The van der Waals surface area contributed by atoms with Crippen molar-refractivity contribution in [1.29, 1.82) is 0 Å². The molecule has 1 atom stereocenters. The van der Waals surface area contributed by atoms with Gasteiger partial charge in [0.1, 0.15) is 18.4 Å². The SMILES string of the molecule is CSc1cc(F)c(F)cc1-c1ccc(OCc2cccc(C(=O)C(NCC(=O)O)c3cscn3)c2)cc1. The number of rotatable bonds is 11. The third-order valence-electron chi connectivity index (χ3n) is 5.49. The first-order chi connectivity index (χ1) is 17.9. The summed E-state index contributed by atoms with van der Waals surface area (Å²) in [7, 11) is 0. The first kappa shape index (κ1) is 26.5. The number of hydrogen-bond acceptors (Lipinski definition) is 7. The van der Waals surface area contributed by atoms with E-state index in [2.05, 4.69) is 10.3 Å². The number of carbonyl (C=O) groups excluding carboxylic acids is 1. The normalized spacial score (nSPS) is 11.8. The number of carboxylic acid groups (broad SMARTS) is 1. The van der Waals surface area contributed by atoms with Crippen LogP contribution < -0.4 is 10.1 Å². The van der Waals surface area contributed by atoms with E-state index in [1.807, 2.05) is 6.07 Å². The number of aromatic nitrogens is 1. The zero-order chi connectivity index (χ0) is 26.4. The zero-order valence-electron chi connectivity index (χ0n) is 19.6. The van der Waals surface area contributed by atoms with E-state index < -0.39 is 23.6 Å². The van der Waals surface area contributed by atoms with E-state index in [-0.39, 0.29) is 18.9 Å². The van der Waals surface area contributed by atoms with Gasteiger partial charge < -0.3 is 9.84 Å². The van der Waals surface area contributed by atoms with Gasteiger partial charge in [0.2, 0.25) is 0 Å². The molecule has 4 rings (SSSR count). The van der Waals surface area contributed by atoms with Gasteiger partial charge in [-0.15, -0.1) is 23.1 Å². The first-order valence-electron chi connectivity index (χ1n) is 11.1. The molecule has 0 aliphatic heterocycles. The molecule has 190 valence electrons. The van der Waals surface area contributed by atoms with Gasteiger partial charge in [-0.1, -0.05) is 30.3 Å². The zero-order valence-corrected chi connectivity index (χ0v) is 21.2. The Morgan fingerprint density at radius 1 is 1.11 bits per heavy atom. The van der Waals surface area contributed by atoms with Gasteiger partial charge in [-0.25, -0.2) is 13.8 Å². The van der Waals surface area contributed by atoms with Crippen LogP contribution in [-0.2, 0) is 11.4 Å². The second-order valence-corrected chi connectivity index (χ2v) is 9.53. The summed E-state index contributed by atoms with van der Waals surface area (Å²) in [6.45, 7) is -0.193. The Hall–Kier alpha value is -3.60. The number of hydrogen-bond donors (Lipinski definition) is 2. The van der Waals surface area contributed by atoms with Crippen molar-refractivity contribution in [2.75, 3.05) is 12.8 Å². The molecule has 0 amide bonds. The number of halogens is 2. The minimum absolute atomic E-state index is 0.186. The fourth-order valence-electron chi connectivity index (χ4n) is 3.69. The lowest BCUT2D eigenvalue weighted by atomic mass is 10.00. The van der Waals surface area contributed by atoms with Crippen LogP contribution in [0.25, 0.3) is 11.1 Å². The smallest absolute Gasteiger partial charge is 0.317 e. The van der Waals surface area contributed by atoms with E-state index in [9.17, 15) is 18.4 Å². The number of nitrogens with zero attached hydrogens (tertiary/aromatic N) is 1.